The van der Waals surface area contributed by atoms with Crippen LogP contribution >= 0.6 is 0 Å². The van der Waals surface area contributed by atoms with E-state index in [2.05, 4.69) is 4.72 Å². The number of benzene rings is 3. The number of aromatic hydroxyl groups is 1. The fourth-order valence-corrected chi connectivity index (χ4v) is 3.73. The molecule has 0 saturated carbocycles. The molecule has 0 aromatic heterocycles. The third-order valence-electron chi connectivity index (χ3n) is 4.38. The molecule has 0 radical (unpaired) electrons. The van der Waals surface area contributed by atoms with Crippen LogP contribution in [-0.4, -0.2) is 19.3 Å². The Morgan fingerprint density at radius 1 is 0.931 bits per heavy atom. The molecule has 0 heterocycles. The first-order chi connectivity index (χ1) is 13.9. The summed E-state index contributed by atoms with van der Waals surface area (Å²) in [4.78, 5) is 12.5. The standard InChI is InChI=1S/C23H21NO4S/c1-2-17-5-14-22(15-6-17)29(27,28)24-20-10-8-19(9-11-20)23(26)16-7-18-3-12-21(25)13-4-18/h3-16,24-25H,2H2,1H3/b16-7+. The number of sulfonamides is 1. The van der Waals surface area contributed by atoms with Gasteiger partial charge in [0.25, 0.3) is 10.0 Å². The predicted octanol–water partition coefficient (Wildman–Crippen LogP) is 4.65. The van der Waals surface area contributed by atoms with Gasteiger partial charge in [-0.3, -0.25) is 9.52 Å². The monoisotopic (exact) mass is 407 g/mol. The second kappa shape index (κ2) is 8.75. The van der Waals surface area contributed by atoms with Crippen LogP contribution in [0.5, 0.6) is 5.75 Å². The number of aryl methyl sites for hydroxylation is 1. The normalized spacial score (nSPS) is 11.5. The maximum absolute atomic E-state index is 12.5. The maximum atomic E-state index is 12.5. The van der Waals surface area contributed by atoms with E-state index in [0.717, 1.165) is 17.5 Å². The molecular weight excluding hydrogens is 386 g/mol. The number of phenols is 1. The molecule has 148 valence electrons. The summed E-state index contributed by atoms with van der Waals surface area (Å²) in [6.45, 7) is 2.00. The molecule has 0 bridgehead atoms. The first-order valence-electron chi connectivity index (χ1n) is 9.10. The van der Waals surface area contributed by atoms with E-state index >= 15 is 0 Å². The zero-order chi connectivity index (χ0) is 20.9. The summed E-state index contributed by atoms with van der Waals surface area (Å²) in [5.74, 6) is -0.0459. The Kier molecular flexibility index (Phi) is 6.14. The minimum Gasteiger partial charge on any atom is -0.508 e. The molecule has 3 rings (SSSR count). The van der Waals surface area contributed by atoms with E-state index in [1.807, 2.05) is 6.92 Å². The molecule has 0 saturated heterocycles. The van der Waals surface area contributed by atoms with Gasteiger partial charge >= 0.3 is 0 Å². The van der Waals surface area contributed by atoms with Gasteiger partial charge in [0.1, 0.15) is 5.75 Å². The lowest BCUT2D eigenvalue weighted by Gasteiger charge is -2.09. The van der Waals surface area contributed by atoms with Crippen molar-refractivity contribution in [3.8, 4) is 5.75 Å². The van der Waals surface area contributed by atoms with Crippen molar-refractivity contribution in [1.29, 1.82) is 0 Å². The second-order valence-corrected chi connectivity index (χ2v) is 8.15. The summed E-state index contributed by atoms with van der Waals surface area (Å²) < 4.78 is 27.5. The number of ketones is 1. The molecule has 0 aliphatic rings. The fourth-order valence-electron chi connectivity index (χ4n) is 2.67. The van der Waals surface area contributed by atoms with Crippen LogP contribution in [0, 0.1) is 0 Å². The molecule has 0 fully saturated rings. The number of phenolic OH excluding ortho intramolecular Hbond substituents is 1. The summed E-state index contributed by atoms with van der Waals surface area (Å²) in [6, 6.07) is 19.5. The quantitative estimate of drug-likeness (QED) is 0.441. The number of hydrogen-bond acceptors (Lipinski definition) is 4. The van der Waals surface area contributed by atoms with Crippen molar-refractivity contribution in [3.05, 3.63) is 95.6 Å². The zero-order valence-electron chi connectivity index (χ0n) is 15.9. The van der Waals surface area contributed by atoms with Crippen molar-refractivity contribution < 1.29 is 18.3 Å². The smallest absolute Gasteiger partial charge is 0.261 e. The minimum atomic E-state index is -3.69. The Hall–Kier alpha value is -3.38. The van der Waals surface area contributed by atoms with Crippen LogP contribution in [0.3, 0.4) is 0 Å². The summed E-state index contributed by atoms with van der Waals surface area (Å²) in [5, 5.41) is 9.28. The van der Waals surface area contributed by atoms with Gasteiger partial charge in [-0.15, -0.1) is 0 Å². The first kappa shape index (κ1) is 20.4. The van der Waals surface area contributed by atoms with Crippen molar-refractivity contribution in [3.63, 3.8) is 0 Å². The van der Waals surface area contributed by atoms with Crippen LogP contribution in [0.4, 0.5) is 5.69 Å². The molecule has 5 nitrogen and oxygen atoms in total. The van der Waals surface area contributed by atoms with Gasteiger partial charge in [-0.1, -0.05) is 37.3 Å². The van der Waals surface area contributed by atoms with E-state index < -0.39 is 10.0 Å². The lowest BCUT2D eigenvalue weighted by molar-refractivity contribution is 0.104. The van der Waals surface area contributed by atoms with Gasteiger partial charge in [-0.05, 0) is 72.2 Å². The highest BCUT2D eigenvalue weighted by molar-refractivity contribution is 7.92. The van der Waals surface area contributed by atoms with Crippen LogP contribution in [0.25, 0.3) is 6.08 Å². The Bertz CT molecular complexity index is 1120. The number of hydrogen-bond donors (Lipinski definition) is 2. The topological polar surface area (TPSA) is 83.5 Å². The highest BCUT2D eigenvalue weighted by Gasteiger charge is 2.14. The Balaban J connectivity index is 1.68. The Morgan fingerprint density at radius 3 is 2.14 bits per heavy atom. The maximum Gasteiger partial charge on any atom is 0.261 e. The van der Waals surface area contributed by atoms with Crippen molar-refractivity contribution >= 4 is 27.6 Å². The van der Waals surface area contributed by atoms with E-state index in [9.17, 15) is 18.3 Å². The third kappa shape index (κ3) is 5.33. The zero-order valence-corrected chi connectivity index (χ0v) is 16.7. The summed E-state index contributed by atoms with van der Waals surface area (Å²) >= 11 is 0. The van der Waals surface area contributed by atoms with Gasteiger partial charge < -0.3 is 5.11 Å². The first-order valence-corrected chi connectivity index (χ1v) is 10.6. The lowest BCUT2D eigenvalue weighted by atomic mass is 10.1. The molecule has 0 spiro atoms. The Morgan fingerprint density at radius 2 is 1.55 bits per heavy atom. The number of anilines is 1. The summed E-state index contributed by atoms with van der Waals surface area (Å²) in [5.41, 5.74) is 2.67. The van der Waals surface area contributed by atoms with Crippen molar-refractivity contribution in [2.45, 2.75) is 18.2 Å². The number of nitrogens with one attached hydrogen (secondary N) is 1. The predicted molar refractivity (Wildman–Crippen MR) is 115 cm³/mol. The van der Waals surface area contributed by atoms with E-state index in [0.29, 0.717) is 11.3 Å². The molecule has 0 atom stereocenters. The highest BCUT2D eigenvalue weighted by Crippen LogP contribution is 2.18. The van der Waals surface area contributed by atoms with Crippen molar-refractivity contribution in [2.75, 3.05) is 4.72 Å². The molecule has 0 amide bonds. The van der Waals surface area contributed by atoms with Gasteiger partial charge in [0, 0.05) is 11.3 Å². The van der Waals surface area contributed by atoms with Crippen LogP contribution < -0.4 is 4.72 Å². The molecule has 0 unspecified atom stereocenters. The molecule has 3 aromatic rings. The summed E-state index contributed by atoms with van der Waals surface area (Å²) in [7, 11) is -3.69. The van der Waals surface area contributed by atoms with Gasteiger partial charge in [-0.2, -0.15) is 0 Å². The molecule has 2 N–H and O–H groups in total. The number of carbonyl (C=O) groups is 1. The molecule has 0 aliphatic carbocycles. The van der Waals surface area contributed by atoms with Gasteiger partial charge in [0.05, 0.1) is 4.90 Å². The van der Waals surface area contributed by atoms with Crippen molar-refractivity contribution in [2.24, 2.45) is 0 Å². The third-order valence-corrected chi connectivity index (χ3v) is 5.78. The Labute approximate surface area is 170 Å². The average Bonchev–Trinajstić information content (AvgIpc) is 2.73. The van der Waals surface area contributed by atoms with E-state index in [1.54, 1.807) is 78.9 Å². The molecular formula is C23H21NO4S. The van der Waals surface area contributed by atoms with Gasteiger partial charge in [0.2, 0.25) is 0 Å². The molecule has 0 aliphatic heterocycles. The molecule has 3 aromatic carbocycles. The lowest BCUT2D eigenvalue weighted by Crippen LogP contribution is -2.13. The minimum absolute atomic E-state index is 0.160. The van der Waals surface area contributed by atoms with E-state index in [-0.39, 0.29) is 16.4 Å². The number of allylic oxidation sites excluding steroid dienone is 1. The molecule has 29 heavy (non-hydrogen) atoms. The second-order valence-electron chi connectivity index (χ2n) is 6.47. The number of carbonyl (C=O) groups excluding carboxylic acids is 1. The van der Waals surface area contributed by atoms with Crippen LogP contribution in [0.2, 0.25) is 0 Å². The van der Waals surface area contributed by atoms with Crippen molar-refractivity contribution in [1.82, 2.24) is 0 Å². The highest BCUT2D eigenvalue weighted by atomic mass is 32.2. The largest absolute Gasteiger partial charge is 0.508 e. The van der Waals surface area contributed by atoms with Gasteiger partial charge in [-0.25, -0.2) is 8.42 Å². The van der Waals surface area contributed by atoms with E-state index in [1.165, 1.54) is 6.08 Å². The summed E-state index contributed by atoms with van der Waals surface area (Å²) in [6.07, 6.45) is 3.92. The van der Waals surface area contributed by atoms with E-state index in [4.69, 9.17) is 0 Å². The van der Waals surface area contributed by atoms with Gasteiger partial charge in [0.15, 0.2) is 5.78 Å². The van der Waals surface area contributed by atoms with Crippen LogP contribution in [0.1, 0.15) is 28.4 Å². The average molecular weight is 407 g/mol. The fraction of sp³-hybridized carbons (Fsp3) is 0.0870. The van der Waals surface area contributed by atoms with Crippen LogP contribution in [-0.2, 0) is 16.4 Å². The SMILES string of the molecule is CCc1ccc(S(=O)(=O)Nc2ccc(C(=O)/C=C/c3ccc(O)cc3)cc2)cc1. The molecule has 6 heteroatoms. The number of rotatable bonds is 7. The van der Waals surface area contributed by atoms with Crippen LogP contribution in [0.15, 0.2) is 83.8 Å².